The lowest BCUT2D eigenvalue weighted by atomic mass is 9.77. The molecule has 0 spiro atoms. The molecule has 3 unspecified atom stereocenters. The third-order valence-electron chi connectivity index (χ3n) is 3.67. The van der Waals surface area contributed by atoms with Crippen LogP contribution in [0.5, 0.6) is 0 Å². The Balaban J connectivity index is 2.22. The number of carbonyl (C=O) groups excluding carboxylic acids is 1. The molecule has 0 aromatic heterocycles. The minimum absolute atomic E-state index is 0.103. The van der Waals surface area contributed by atoms with Gasteiger partial charge in [-0.3, -0.25) is 4.79 Å². The van der Waals surface area contributed by atoms with Gasteiger partial charge in [-0.1, -0.05) is 13.3 Å². The summed E-state index contributed by atoms with van der Waals surface area (Å²) in [5.41, 5.74) is 6.00. The van der Waals surface area contributed by atoms with Crippen LogP contribution < -0.4 is 11.1 Å². The Kier molecular flexibility index (Phi) is 6.52. The van der Waals surface area contributed by atoms with Gasteiger partial charge < -0.3 is 15.8 Å². The van der Waals surface area contributed by atoms with E-state index in [1.54, 1.807) is 0 Å². The lowest BCUT2D eigenvalue weighted by Crippen LogP contribution is -2.44. The van der Waals surface area contributed by atoms with Crippen molar-refractivity contribution in [3.8, 4) is 0 Å². The molecule has 1 fully saturated rings. The number of hydrogen-bond acceptors (Lipinski definition) is 3. The first-order valence-corrected chi connectivity index (χ1v) is 6.77. The van der Waals surface area contributed by atoms with Crippen molar-refractivity contribution in [2.24, 2.45) is 17.6 Å². The normalized spacial score (nSPS) is 29.0. The number of rotatable bonds is 6. The van der Waals surface area contributed by atoms with E-state index in [0.717, 1.165) is 38.9 Å². The van der Waals surface area contributed by atoms with Gasteiger partial charge >= 0.3 is 0 Å². The van der Waals surface area contributed by atoms with E-state index in [2.05, 4.69) is 12.2 Å². The van der Waals surface area contributed by atoms with E-state index in [-0.39, 0.29) is 17.9 Å². The summed E-state index contributed by atoms with van der Waals surface area (Å²) < 4.78 is 5.23. The molecule has 1 saturated carbocycles. The summed E-state index contributed by atoms with van der Waals surface area (Å²) in [6, 6.07) is 0.183. The number of amides is 1. The second-order valence-corrected chi connectivity index (χ2v) is 4.90. The molecule has 1 rings (SSSR count). The van der Waals surface area contributed by atoms with E-state index in [4.69, 9.17) is 10.5 Å². The quantitative estimate of drug-likeness (QED) is 0.690. The summed E-state index contributed by atoms with van der Waals surface area (Å²) in [5.74, 6) is 0.575. The van der Waals surface area contributed by atoms with Crippen LogP contribution in [0.25, 0.3) is 0 Å². The second-order valence-electron chi connectivity index (χ2n) is 4.90. The lowest BCUT2D eigenvalue weighted by molar-refractivity contribution is -0.127. The van der Waals surface area contributed by atoms with Crippen molar-refractivity contribution in [3.63, 3.8) is 0 Å². The summed E-state index contributed by atoms with van der Waals surface area (Å²) in [7, 11) is 0. The molecule has 0 heterocycles. The fourth-order valence-corrected chi connectivity index (χ4v) is 2.43. The van der Waals surface area contributed by atoms with E-state index in [1.165, 1.54) is 0 Å². The fourth-order valence-electron chi connectivity index (χ4n) is 2.43. The maximum absolute atomic E-state index is 12.0. The summed E-state index contributed by atoms with van der Waals surface area (Å²) in [5, 5.41) is 2.99. The summed E-state index contributed by atoms with van der Waals surface area (Å²) in [6.45, 7) is 6.23. The van der Waals surface area contributed by atoms with Gasteiger partial charge in [-0.15, -0.1) is 0 Å². The smallest absolute Gasteiger partial charge is 0.223 e. The minimum Gasteiger partial charge on any atom is -0.382 e. The van der Waals surface area contributed by atoms with Gasteiger partial charge in [-0.2, -0.15) is 0 Å². The van der Waals surface area contributed by atoms with Gasteiger partial charge in [0.2, 0.25) is 5.91 Å². The van der Waals surface area contributed by atoms with Gasteiger partial charge in [-0.25, -0.2) is 0 Å². The predicted molar refractivity (Wildman–Crippen MR) is 68.6 cm³/mol. The molecule has 4 nitrogen and oxygen atoms in total. The number of ether oxygens (including phenoxy) is 1. The maximum Gasteiger partial charge on any atom is 0.223 e. The van der Waals surface area contributed by atoms with Gasteiger partial charge in [0.1, 0.15) is 0 Å². The highest BCUT2D eigenvalue weighted by molar-refractivity contribution is 5.79. The predicted octanol–water partition coefficient (Wildman–Crippen LogP) is 1.29. The van der Waals surface area contributed by atoms with Crippen LogP contribution in [-0.2, 0) is 9.53 Å². The lowest BCUT2D eigenvalue weighted by Gasteiger charge is -2.32. The number of hydrogen-bond donors (Lipinski definition) is 2. The summed E-state index contributed by atoms with van der Waals surface area (Å²) >= 11 is 0. The third-order valence-corrected chi connectivity index (χ3v) is 3.67. The summed E-state index contributed by atoms with van der Waals surface area (Å²) in [4.78, 5) is 12.0. The van der Waals surface area contributed by atoms with Crippen molar-refractivity contribution in [3.05, 3.63) is 0 Å². The molecular formula is C13H26N2O2. The van der Waals surface area contributed by atoms with Crippen molar-refractivity contribution in [1.29, 1.82) is 0 Å². The van der Waals surface area contributed by atoms with Crippen molar-refractivity contribution in [1.82, 2.24) is 5.32 Å². The Morgan fingerprint density at radius 2 is 2.24 bits per heavy atom. The van der Waals surface area contributed by atoms with Crippen LogP contribution in [0.1, 0.15) is 39.5 Å². The van der Waals surface area contributed by atoms with Crippen LogP contribution >= 0.6 is 0 Å². The van der Waals surface area contributed by atoms with Crippen molar-refractivity contribution < 1.29 is 9.53 Å². The van der Waals surface area contributed by atoms with E-state index in [1.807, 2.05) is 6.92 Å². The van der Waals surface area contributed by atoms with E-state index < -0.39 is 0 Å². The highest BCUT2D eigenvalue weighted by Crippen LogP contribution is 2.28. The molecule has 1 aliphatic rings. The zero-order valence-corrected chi connectivity index (χ0v) is 11.1. The number of carbonyl (C=O) groups is 1. The van der Waals surface area contributed by atoms with Gasteiger partial charge in [0.25, 0.3) is 0 Å². The Bertz CT molecular complexity index is 233. The van der Waals surface area contributed by atoms with E-state index in [0.29, 0.717) is 12.5 Å². The zero-order valence-electron chi connectivity index (χ0n) is 11.1. The van der Waals surface area contributed by atoms with E-state index >= 15 is 0 Å². The number of nitrogens with two attached hydrogens (primary N) is 1. The first-order valence-electron chi connectivity index (χ1n) is 6.77. The van der Waals surface area contributed by atoms with Crippen molar-refractivity contribution in [2.45, 2.75) is 45.6 Å². The Hall–Kier alpha value is -0.610. The van der Waals surface area contributed by atoms with Gasteiger partial charge in [0.05, 0.1) is 0 Å². The Morgan fingerprint density at radius 3 is 2.94 bits per heavy atom. The highest BCUT2D eigenvalue weighted by atomic mass is 16.5. The fraction of sp³-hybridized carbons (Fsp3) is 0.923. The number of nitrogens with one attached hydrogen (secondary N) is 1. The monoisotopic (exact) mass is 242 g/mol. The Morgan fingerprint density at radius 1 is 1.47 bits per heavy atom. The minimum atomic E-state index is 0.103. The molecule has 4 heteroatoms. The maximum atomic E-state index is 12.0. The third kappa shape index (κ3) is 4.64. The van der Waals surface area contributed by atoms with Crippen LogP contribution in [0.2, 0.25) is 0 Å². The van der Waals surface area contributed by atoms with Crippen molar-refractivity contribution >= 4 is 5.91 Å². The Labute approximate surface area is 104 Å². The van der Waals surface area contributed by atoms with Gasteiger partial charge in [-0.05, 0) is 32.1 Å². The average Bonchev–Trinajstić information content (AvgIpc) is 2.32. The molecule has 1 amide bonds. The molecule has 0 bridgehead atoms. The SMILES string of the molecule is CCOCCCNC(=O)C1CCCC(N)C1C. The van der Waals surface area contributed by atoms with Gasteiger partial charge in [0, 0.05) is 31.7 Å². The van der Waals surface area contributed by atoms with Crippen LogP contribution in [0, 0.1) is 11.8 Å². The second kappa shape index (κ2) is 7.67. The first-order chi connectivity index (χ1) is 8.16. The highest BCUT2D eigenvalue weighted by Gasteiger charge is 2.32. The van der Waals surface area contributed by atoms with E-state index in [9.17, 15) is 4.79 Å². The van der Waals surface area contributed by atoms with Crippen LogP contribution in [0.15, 0.2) is 0 Å². The molecule has 3 atom stereocenters. The largest absolute Gasteiger partial charge is 0.382 e. The molecule has 100 valence electrons. The van der Waals surface area contributed by atoms with Gasteiger partial charge in [0.15, 0.2) is 0 Å². The molecule has 1 aliphatic carbocycles. The molecule has 0 aliphatic heterocycles. The first kappa shape index (κ1) is 14.5. The molecule has 0 saturated heterocycles. The molecule has 3 N–H and O–H groups in total. The molecular weight excluding hydrogens is 216 g/mol. The van der Waals surface area contributed by atoms with Crippen LogP contribution in [0.3, 0.4) is 0 Å². The standard InChI is InChI=1S/C13H26N2O2/c1-3-17-9-5-8-15-13(16)11-6-4-7-12(14)10(11)2/h10-12H,3-9,14H2,1-2H3,(H,15,16). The van der Waals surface area contributed by atoms with Crippen molar-refractivity contribution in [2.75, 3.05) is 19.8 Å². The zero-order chi connectivity index (χ0) is 12.7. The molecule has 0 radical (unpaired) electrons. The molecule has 17 heavy (non-hydrogen) atoms. The molecule has 0 aromatic rings. The summed E-state index contributed by atoms with van der Waals surface area (Å²) in [6.07, 6.45) is 3.98. The molecule has 0 aromatic carbocycles. The topological polar surface area (TPSA) is 64.3 Å². The van der Waals surface area contributed by atoms with Crippen LogP contribution in [0.4, 0.5) is 0 Å². The average molecular weight is 242 g/mol. The van der Waals surface area contributed by atoms with Crippen LogP contribution in [-0.4, -0.2) is 31.7 Å².